The second kappa shape index (κ2) is 7.64. The second-order valence-corrected chi connectivity index (χ2v) is 6.94. The van der Waals surface area contributed by atoms with E-state index in [4.69, 9.17) is 4.98 Å². The molecule has 2 heterocycles. The summed E-state index contributed by atoms with van der Waals surface area (Å²) < 4.78 is 2.17. The van der Waals surface area contributed by atoms with Crippen LogP contribution in [-0.4, -0.2) is 20.4 Å². The number of carbonyl (C=O) groups excluding carboxylic acids is 1. The fourth-order valence-electron chi connectivity index (χ4n) is 3.30. The first kappa shape index (κ1) is 17.9. The number of pyridine rings is 1. The van der Waals surface area contributed by atoms with Crippen LogP contribution in [0.15, 0.2) is 72.9 Å². The van der Waals surface area contributed by atoms with Gasteiger partial charge in [0.25, 0.3) is 5.91 Å². The number of aromatic nitrogens is 3. The van der Waals surface area contributed by atoms with E-state index in [1.807, 2.05) is 25.1 Å². The first-order valence-electron chi connectivity index (χ1n) is 9.34. The van der Waals surface area contributed by atoms with Crippen molar-refractivity contribution < 1.29 is 4.79 Å². The summed E-state index contributed by atoms with van der Waals surface area (Å²) in [5, 5.41) is 3.02. The fourth-order valence-corrected chi connectivity index (χ4v) is 3.30. The molecule has 4 aromatic rings. The van der Waals surface area contributed by atoms with Crippen molar-refractivity contribution >= 4 is 16.9 Å². The predicted octanol–water partition coefficient (Wildman–Crippen LogP) is 4.28. The predicted molar refractivity (Wildman–Crippen MR) is 110 cm³/mol. The molecule has 2 aromatic carbocycles. The van der Waals surface area contributed by atoms with Gasteiger partial charge in [0, 0.05) is 12.7 Å². The van der Waals surface area contributed by atoms with E-state index in [0.29, 0.717) is 12.2 Å². The lowest BCUT2D eigenvalue weighted by atomic mass is 10.1. The largest absolute Gasteiger partial charge is 0.341 e. The number of imidazole rings is 1. The summed E-state index contributed by atoms with van der Waals surface area (Å²) >= 11 is 0. The molecule has 0 saturated heterocycles. The number of hydrogen-bond donors (Lipinski definition) is 1. The van der Waals surface area contributed by atoms with Crippen LogP contribution in [0, 0.1) is 6.92 Å². The van der Waals surface area contributed by atoms with Gasteiger partial charge in [0.1, 0.15) is 11.5 Å². The first-order chi connectivity index (χ1) is 13.6. The van der Waals surface area contributed by atoms with Gasteiger partial charge in [0.15, 0.2) is 0 Å². The van der Waals surface area contributed by atoms with E-state index >= 15 is 0 Å². The Bertz CT molecular complexity index is 1100. The van der Waals surface area contributed by atoms with Gasteiger partial charge in [-0.05, 0) is 43.7 Å². The van der Waals surface area contributed by atoms with Crippen molar-refractivity contribution in [3.05, 3.63) is 95.6 Å². The van der Waals surface area contributed by atoms with Gasteiger partial charge in [0.05, 0.1) is 17.1 Å². The molecule has 0 aliphatic carbocycles. The topological polar surface area (TPSA) is 59.8 Å². The minimum Gasteiger partial charge on any atom is -0.341 e. The summed E-state index contributed by atoms with van der Waals surface area (Å²) in [5.74, 6) is 0.619. The monoisotopic (exact) mass is 370 g/mol. The molecule has 1 atom stereocenters. The summed E-state index contributed by atoms with van der Waals surface area (Å²) in [5.41, 5.74) is 4.80. The number of benzene rings is 2. The summed E-state index contributed by atoms with van der Waals surface area (Å²) in [4.78, 5) is 21.5. The van der Waals surface area contributed by atoms with Gasteiger partial charge < -0.3 is 9.88 Å². The number of rotatable bonds is 5. The maximum atomic E-state index is 12.5. The molecule has 2 aromatic heterocycles. The highest BCUT2D eigenvalue weighted by Crippen LogP contribution is 2.22. The lowest BCUT2D eigenvalue weighted by Crippen LogP contribution is -2.29. The van der Waals surface area contributed by atoms with Gasteiger partial charge in [-0.15, -0.1) is 0 Å². The van der Waals surface area contributed by atoms with E-state index in [9.17, 15) is 4.79 Å². The van der Waals surface area contributed by atoms with Crippen LogP contribution in [0.5, 0.6) is 0 Å². The minimum absolute atomic E-state index is 0.206. The summed E-state index contributed by atoms with van der Waals surface area (Å²) in [6.07, 6.45) is 1.62. The zero-order valence-electron chi connectivity index (χ0n) is 16.0. The Hall–Kier alpha value is -3.47. The minimum atomic E-state index is -0.257. The number of carbonyl (C=O) groups is 1. The normalized spacial score (nSPS) is 12.1. The molecule has 5 heteroatoms. The zero-order chi connectivity index (χ0) is 19.5. The lowest BCUT2D eigenvalue weighted by Gasteiger charge is -2.16. The van der Waals surface area contributed by atoms with E-state index in [2.05, 4.69) is 52.1 Å². The standard InChI is InChI=1S/C23H22N4O/c1-16-10-12-18(13-11-16)15-27-21-9-4-3-7-19(21)26-22(27)17(2)25-23(28)20-8-5-6-14-24-20/h3-14,17H,15H2,1-2H3,(H,25,28). The second-order valence-electron chi connectivity index (χ2n) is 6.94. The molecular weight excluding hydrogens is 348 g/mol. The summed E-state index contributed by atoms with van der Waals surface area (Å²) in [7, 11) is 0. The van der Waals surface area contributed by atoms with Crippen LogP contribution < -0.4 is 5.32 Å². The molecule has 5 nitrogen and oxygen atoms in total. The molecule has 1 N–H and O–H groups in total. The molecule has 4 rings (SSSR count). The third-order valence-corrected chi connectivity index (χ3v) is 4.78. The van der Waals surface area contributed by atoms with Crippen molar-refractivity contribution in [2.24, 2.45) is 0 Å². The third-order valence-electron chi connectivity index (χ3n) is 4.78. The van der Waals surface area contributed by atoms with Crippen molar-refractivity contribution in [2.75, 3.05) is 0 Å². The third kappa shape index (κ3) is 3.64. The van der Waals surface area contributed by atoms with E-state index in [1.54, 1.807) is 24.4 Å². The van der Waals surface area contributed by atoms with Crippen molar-refractivity contribution in [1.29, 1.82) is 0 Å². The Balaban J connectivity index is 1.67. The van der Waals surface area contributed by atoms with Crippen LogP contribution in [0.4, 0.5) is 0 Å². The molecule has 0 radical (unpaired) electrons. The zero-order valence-corrected chi connectivity index (χ0v) is 16.0. The van der Waals surface area contributed by atoms with Gasteiger partial charge in [-0.3, -0.25) is 9.78 Å². The van der Waals surface area contributed by atoms with Crippen LogP contribution in [-0.2, 0) is 6.54 Å². The van der Waals surface area contributed by atoms with Crippen molar-refractivity contribution in [2.45, 2.75) is 26.4 Å². The molecule has 0 aliphatic rings. The van der Waals surface area contributed by atoms with Gasteiger partial charge in [-0.25, -0.2) is 4.98 Å². The van der Waals surface area contributed by atoms with Crippen molar-refractivity contribution in [3.8, 4) is 0 Å². The van der Waals surface area contributed by atoms with E-state index < -0.39 is 0 Å². The Morgan fingerprint density at radius 1 is 1.04 bits per heavy atom. The Labute approximate surface area is 164 Å². The molecule has 0 spiro atoms. The lowest BCUT2D eigenvalue weighted by molar-refractivity contribution is 0.0932. The number of aryl methyl sites for hydroxylation is 1. The maximum Gasteiger partial charge on any atom is 0.270 e. The van der Waals surface area contributed by atoms with E-state index in [0.717, 1.165) is 16.9 Å². The maximum absolute atomic E-state index is 12.5. The number of fused-ring (bicyclic) bond motifs is 1. The Morgan fingerprint density at radius 3 is 2.54 bits per heavy atom. The van der Waals surface area contributed by atoms with Crippen LogP contribution in [0.25, 0.3) is 11.0 Å². The smallest absolute Gasteiger partial charge is 0.270 e. The van der Waals surface area contributed by atoms with Gasteiger partial charge in [0.2, 0.25) is 0 Å². The Morgan fingerprint density at radius 2 is 1.79 bits per heavy atom. The molecular formula is C23H22N4O. The highest BCUT2D eigenvalue weighted by Gasteiger charge is 2.19. The summed E-state index contributed by atoms with van der Waals surface area (Å²) in [6.45, 7) is 4.73. The number of hydrogen-bond acceptors (Lipinski definition) is 3. The Kier molecular flexibility index (Phi) is 4.89. The molecule has 0 bridgehead atoms. The van der Waals surface area contributed by atoms with E-state index in [1.165, 1.54) is 11.1 Å². The average Bonchev–Trinajstić information content (AvgIpc) is 3.09. The average molecular weight is 370 g/mol. The van der Waals surface area contributed by atoms with Crippen LogP contribution >= 0.6 is 0 Å². The number of nitrogens with zero attached hydrogens (tertiary/aromatic N) is 3. The van der Waals surface area contributed by atoms with Crippen LogP contribution in [0.1, 0.15) is 40.4 Å². The van der Waals surface area contributed by atoms with Crippen LogP contribution in [0.2, 0.25) is 0 Å². The SMILES string of the molecule is Cc1ccc(Cn2c(C(C)NC(=O)c3ccccn3)nc3ccccc32)cc1. The van der Waals surface area contributed by atoms with Crippen molar-refractivity contribution in [1.82, 2.24) is 19.9 Å². The quantitative estimate of drug-likeness (QED) is 0.570. The number of amides is 1. The molecule has 28 heavy (non-hydrogen) atoms. The molecule has 140 valence electrons. The number of para-hydroxylation sites is 2. The molecule has 0 fully saturated rings. The molecule has 0 saturated carbocycles. The number of nitrogens with one attached hydrogen (secondary N) is 1. The van der Waals surface area contributed by atoms with Gasteiger partial charge in [-0.1, -0.05) is 48.0 Å². The molecule has 1 unspecified atom stereocenters. The highest BCUT2D eigenvalue weighted by molar-refractivity contribution is 5.92. The van der Waals surface area contributed by atoms with Crippen LogP contribution in [0.3, 0.4) is 0 Å². The van der Waals surface area contributed by atoms with E-state index in [-0.39, 0.29) is 11.9 Å². The first-order valence-corrected chi connectivity index (χ1v) is 9.34. The van der Waals surface area contributed by atoms with Gasteiger partial charge in [-0.2, -0.15) is 0 Å². The molecule has 1 amide bonds. The highest BCUT2D eigenvalue weighted by atomic mass is 16.1. The molecule has 0 aliphatic heterocycles. The van der Waals surface area contributed by atoms with Gasteiger partial charge >= 0.3 is 0 Å². The van der Waals surface area contributed by atoms with Crippen molar-refractivity contribution in [3.63, 3.8) is 0 Å². The fraction of sp³-hybridized carbons (Fsp3) is 0.174. The summed E-state index contributed by atoms with van der Waals surface area (Å²) in [6, 6.07) is 21.6.